The summed E-state index contributed by atoms with van der Waals surface area (Å²) in [6.45, 7) is 5.02. The Bertz CT molecular complexity index is 73.1. The molecule has 0 amide bonds. The molecule has 0 spiro atoms. The van der Waals surface area contributed by atoms with Gasteiger partial charge in [-0.2, -0.15) is 5.43 Å². The predicted octanol–water partition coefficient (Wildman–Crippen LogP) is 0.671. The zero-order valence-corrected chi connectivity index (χ0v) is 6.16. The van der Waals surface area contributed by atoms with Crippen LogP contribution in [-0.2, 0) is 0 Å². The zero-order chi connectivity index (χ0) is 6.95. The van der Waals surface area contributed by atoms with Gasteiger partial charge in [-0.05, 0) is 11.8 Å². The van der Waals surface area contributed by atoms with Gasteiger partial charge in [0.15, 0.2) is 0 Å². The zero-order valence-electron chi connectivity index (χ0n) is 5.34. The largest absolute Gasteiger partial charge is 0.236 e. The van der Waals surface area contributed by atoms with Crippen molar-refractivity contribution < 1.29 is 0 Å². The van der Waals surface area contributed by atoms with Gasteiger partial charge < -0.3 is 0 Å². The van der Waals surface area contributed by atoms with E-state index in [1.807, 2.05) is 0 Å². The number of nitrogens with zero attached hydrogens (tertiary/aromatic N) is 1. The van der Waals surface area contributed by atoms with Crippen molar-refractivity contribution in [2.24, 2.45) is 0 Å². The summed E-state index contributed by atoms with van der Waals surface area (Å²) in [5.74, 6) is 0. The molecular formula is C6H11N2S. The minimum absolute atomic E-state index is 0.734. The van der Waals surface area contributed by atoms with Crippen molar-refractivity contribution >= 4 is 17.6 Å². The second kappa shape index (κ2) is 7.75. The predicted molar refractivity (Wildman–Crippen MR) is 43.5 cm³/mol. The Hall–Kier alpha value is -0.250. The fourth-order valence-corrected chi connectivity index (χ4v) is 0.431. The fourth-order valence-electron chi connectivity index (χ4n) is 0.325. The summed E-state index contributed by atoms with van der Waals surface area (Å²) >= 11 is 4.60. The van der Waals surface area contributed by atoms with Gasteiger partial charge in [-0.15, -0.1) is 6.58 Å². The minimum atomic E-state index is 0.734. The summed E-state index contributed by atoms with van der Waals surface area (Å²) in [7, 11) is 0. The summed E-state index contributed by atoms with van der Waals surface area (Å²) in [4.78, 5) is 0. The molecule has 0 aliphatic rings. The highest BCUT2D eigenvalue weighted by Crippen LogP contribution is 1.68. The minimum Gasteiger partial charge on any atom is -0.236 e. The van der Waals surface area contributed by atoms with E-state index in [4.69, 9.17) is 0 Å². The number of nitrogens with one attached hydrogen (secondary N) is 1. The van der Waals surface area contributed by atoms with Crippen LogP contribution in [0.25, 0.3) is 0 Å². The van der Waals surface area contributed by atoms with Crippen LogP contribution >= 0.6 is 12.2 Å². The van der Waals surface area contributed by atoms with Gasteiger partial charge in [0.25, 0.3) is 0 Å². The van der Waals surface area contributed by atoms with Crippen LogP contribution in [0.3, 0.4) is 0 Å². The quantitative estimate of drug-likeness (QED) is 0.256. The van der Waals surface area contributed by atoms with E-state index in [1.54, 1.807) is 11.4 Å². The Labute approximate surface area is 61.3 Å². The standard InChI is InChI=1S/C6H11N2S/c1-2-4-7-8-5-3-6-9/h2,6-7H,1,3-5H2. The Morgan fingerprint density at radius 1 is 1.67 bits per heavy atom. The van der Waals surface area contributed by atoms with E-state index in [0.29, 0.717) is 0 Å². The van der Waals surface area contributed by atoms with E-state index < -0.39 is 0 Å². The molecule has 0 rings (SSSR count). The van der Waals surface area contributed by atoms with Crippen LogP contribution in [0.5, 0.6) is 0 Å². The third-order valence-electron chi connectivity index (χ3n) is 0.706. The maximum absolute atomic E-state index is 4.60. The van der Waals surface area contributed by atoms with E-state index in [1.165, 1.54) is 0 Å². The van der Waals surface area contributed by atoms with Crippen molar-refractivity contribution in [3.8, 4) is 0 Å². The Balaban J connectivity index is 2.74. The van der Waals surface area contributed by atoms with Gasteiger partial charge in [-0.3, -0.25) is 0 Å². The second-order valence-electron chi connectivity index (χ2n) is 1.49. The van der Waals surface area contributed by atoms with Gasteiger partial charge in [0, 0.05) is 13.1 Å². The molecule has 0 bridgehead atoms. The van der Waals surface area contributed by atoms with Crippen LogP contribution < -0.4 is 10.9 Å². The molecule has 0 saturated carbocycles. The highest BCUT2D eigenvalue weighted by atomic mass is 32.1. The third-order valence-corrected chi connectivity index (χ3v) is 0.942. The van der Waals surface area contributed by atoms with Crippen LogP contribution in [-0.4, -0.2) is 18.5 Å². The molecule has 0 aromatic carbocycles. The Morgan fingerprint density at radius 2 is 2.44 bits per heavy atom. The third kappa shape index (κ3) is 7.75. The van der Waals surface area contributed by atoms with Crippen molar-refractivity contribution in [1.29, 1.82) is 0 Å². The van der Waals surface area contributed by atoms with Gasteiger partial charge in [-0.1, -0.05) is 18.3 Å². The first-order chi connectivity index (χ1) is 4.41. The number of hydrogen-bond donors (Lipinski definition) is 1. The summed E-state index contributed by atoms with van der Waals surface area (Å²) in [5, 5.41) is 1.68. The van der Waals surface area contributed by atoms with Crippen LogP contribution in [0, 0.1) is 0 Å². The molecule has 0 atom stereocenters. The van der Waals surface area contributed by atoms with Gasteiger partial charge in [-0.25, -0.2) is 5.43 Å². The maximum atomic E-state index is 4.60. The van der Waals surface area contributed by atoms with Gasteiger partial charge in [0.05, 0.1) is 0 Å². The fraction of sp³-hybridized carbons (Fsp3) is 0.500. The average Bonchev–Trinajstić information content (AvgIpc) is 1.89. The van der Waals surface area contributed by atoms with Gasteiger partial charge in [0.1, 0.15) is 0 Å². The maximum Gasteiger partial charge on any atom is 0.0347 e. The molecule has 0 heterocycles. The first kappa shape index (κ1) is 8.75. The molecule has 0 aliphatic carbocycles. The van der Waals surface area contributed by atoms with Gasteiger partial charge in [0.2, 0.25) is 0 Å². The summed E-state index contributed by atoms with van der Waals surface area (Å²) in [6, 6.07) is 0. The lowest BCUT2D eigenvalue weighted by molar-refractivity contribution is 0.567. The highest BCUT2D eigenvalue weighted by molar-refractivity contribution is 7.78. The SMILES string of the molecule is C=CCN[N]CCC=S. The summed E-state index contributed by atoms with van der Waals surface area (Å²) in [5.41, 5.74) is 6.74. The van der Waals surface area contributed by atoms with Crippen molar-refractivity contribution in [2.75, 3.05) is 13.1 Å². The van der Waals surface area contributed by atoms with Gasteiger partial charge >= 0.3 is 0 Å². The van der Waals surface area contributed by atoms with Crippen LogP contribution in [0.15, 0.2) is 12.7 Å². The first-order valence-electron chi connectivity index (χ1n) is 2.85. The molecule has 0 saturated heterocycles. The number of rotatable bonds is 6. The van der Waals surface area contributed by atoms with E-state index in [-0.39, 0.29) is 0 Å². The van der Waals surface area contributed by atoms with E-state index in [9.17, 15) is 0 Å². The Morgan fingerprint density at radius 3 is 3.00 bits per heavy atom. The lowest BCUT2D eigenvalue weighted by Gasteiger charge is -1.96. The number of hydrogen-bond acceptors (Lipinski definition) is 2. The molecule has 3 heteroatoms. The molecule has 1 radical (unpaired) electrons. The average molecular weight is 143 g/mol. The molecule has 0 aromatic heterocycles. The molecule has 0 aliphatic heterocycles. The van der Waals surface area contributed by atoms with Crippen LogP contribution in [0.4, 0.5) is 0 Å². The monoisotopic (exact) mass is 143 g/mol. The van der Waals surface area contributed by atoms with E-state index in [0.717, 1.165) is 19.5 Å². The smallest absolute Gasteiger partial charge is 0.0347 e. The number of thiocarbonyl (C=S) groups is 1. The van der Waals surface area contributed by atoms with Crippen molar-refractivity contribution in [3.63, 3.8) is 0 Å². The molecule has 2 nitrogen and oxygen atoms in total. The van der Waals surface area contributed by atoms with E-state index in [2.05, 4.69) is 29.6 Å². The van der Waals surface area contributed by atoms with Crippen LogP contribution in [0.2, 0.25) is 0 Å². The molecule has 9 heavy (non-hydrogen) atoms. The summed E-state index contributed by atoms with van der Waals surface area (Å²) in [6.07, 6.45) is 2.63. The first-order valence-corrected chi connectivity index (χ1v) is 3.33. The molecular weight excluding hydrogens is 132 g/mol. The molecule has 0 fully saturated rings. The highest BCUT2D eigenvalue weighted by Gasteiger charge is 1.80. The van der Waals surface area contributed by atoms with Crippen molar-refractivity contribution in [2.45, 2.75) is 6.42 Å². The van der Waals surface area contributed by atoms with E-state index >= 15 is 0 Å². The van der Waals surface area contributed by atoms with Crippen molar-refractivity contribution in [3.05, 3.63) is 12.7 Å². The topological polar surface area (TPSA) is 26.1 Å². The normalized spacial score (nSPS) is 8.89. The molecule has 51 valence electrons. The lowest BCUT2D eigenvalue weighted by atomic mass is 10.5. The summed E-state index contributed by atoms with van der Waals surface area (Å²) < 4.78 is 0. The lowest BCUT2D eigenvalue weighted by Crippen LogP contribution is -2.25. The van der Waals surface area contributed by atoms with Crippen LogP contribution in [0.1, 0.15) is 6.42 Å². The molecule has 0 unspecified atom stereocenters. The van der Waals surface area contributed by atoms with Crippen molar-refractivity contribution in [1.82, 2.24) is 10.9 Å². The molecule has 1 N–H and O–H groups in total. The second-order valence-corrected chi connectivity index (χ2v) is 1.82. The molecule has 0 aromatic rings. The Kier molecular flexibility index (Phi) is 7.53.